The summed E-state index contributed by atoms with van der Waals surface area (Å²) in [5.74, 6) is -0.0323. The molecule has 0 aromatic heterocycles. The zero-order valence-electron chi connectivity index (χ0n) is 9.62. The van der Waals surface area contributed by atoms with E-state index in [0.29, 0.717) is 11.6 Å². The van der Waals surface area contributed by atoms with E-state index < -0.39 is 0 Å². The number of carbonyl (C=O) groups is 1. The van der Waals surface area contributed by atoms with E-state index in [1.54, 1.807) is 7.05 Å². The molecule has 1 aliphatic carbocycles. The van der Waals surface area contributed by atoms with Gasteiger partial charge in [0.15, 0.2) is 0 Å². The molecule has 0 heterocycles. The number of rotatable bonds is 3. The predicted molar refractivity (Wildman–Crippen MR) is 65.7 cm³/mol. The second kappa shape index (κ2) is 5.01. The third-order valence-corrected chi connectivity index (χ3v) is 3.08. The Labute approximate surface area is 96.2 Å². The van der Waals surface area contributed by atoms with E-state index in [1.807, 2.05) is 24.3 Å². The van der Waals surface area contributed by atoms with Crippen LogP contribution in [0.2, 0.25) is 0 Å². The summed E-state index contributed by atoms with van der Waals surface area (Å²) in [4.78, 5) is 11.5. The number of benzene rings is 1. The van der Waals surface area contributed by atoms with E-state index in [1.165, 1.54) is 25.7 Å². The first-order chi connectivity index (χ1) is 7.79. The Bertz CT molecular complexity index is 370. The van der Waals surface area contributed by atoms with Crippen LogP contribution in [0.25, 0.3) is 0 Å². The number of nitrogens with one attached hydrogen (secondary N) is 2. The van der Waals surface area contributed by atoms with Crippen LogP contribution in [0.5, 0.6) is 0 Å². The highest BCUT2D eigenvalue weighted by Gasteiger charge is 2.14. The zero-order chi connectivity index (χ0) is 11.4. The quantitative estimate of drug-likeness (QED) is 0.818. The van der Waals surface area contributed by atoms with E-state index in [2.05, 4.69) is 10.6 Å². The Balaban J connectivity index is 2.06. The third-order valence-electron chi connectivity index (χ3n) is 3.08. The molecule has 3 heteroatoms. The summed E-state index contributed by atoms with van der Waals surface area (Å²) in [6.07, 6.45) is 5.11. The molecule has 2 rings (SSSR count). The Kier molecular flexibility index (Phi) is 3.44. The molecule has 1 fully saturated rings. The highest BCUT2D eigenvalue weighted by atomic mass is 16.1. The molecule has 2 N–H and O–H groups in total. The number of amides is 1. The van der Waals surface area contributed by atoms with Gasteiger partial charge in [-0.25, -0.2) is 0 Å². The number of hydrogen-bond acceptors (Lipinski definition) is 2. The van der Waals surface area contributed by atoms with Crippen LogP contribution in [0.15, 0.2) is 24.3 Å². The van der Waals surface area contributed by atoms with Crippen molar-refractivity contribution in [3.05, 3.63) is 29.8 Å². The lowest BCUT2D eigenvalue weighted by atomic mass is 10.1. The largest absolute Gasteiger partial charge is 0.382 e. The fourth-order valence-electron chi connectivity index (χ4n) is 2.20. The van der Waals surface area contributed by atoms with Crippen molar-refractivity contribution in [3.8, 4) is 0 Å². The van der Waals surface area contributed by atoms with Gasteiger partial charge in [-0.05, 0) is 31.0 Å². The molecule has 3 nitrogen and oxygen atoms in total. The molecule has 0 unspecified atom stereocenters. The number of hydrogen-bond donors (Lipinski definition) is 2. The smallest absolute Gasteiger partial charge is 0.251 e. The Morgan fingerprint density at radius 3 is 2.75 bits per heavy atom. The summed E-state index contributed by atoms with van der Waals surface area (Å²) in [5.41, 5.74) is 1.76. The van der Waals surface area contributed by atoms with E-state index in [-0.39, 0.29) is 5.91 Å². The Morgan fingerprint density at radius 2 is 2.06 bits per heavy atom. The fourth-order valence-corrected chi connectivity index (χ4v) is 2.20. The molecule has 0 spiro atoms. The molecule has 16 heavy (non-hydrogen) atoms. The van der Waals surface area contributed by atoms with Gasteiger partial charge in [-0.15, -0.1) is 0 Å². The summed E-state index contributed by atoms with van der Waals surface area (Å²) in [7, 11) is 1.65. The van der Waals surface area contributed by atoms with Crippen LogP contribution in [0.1, 0.15) is 36.0 Å². The predicted octanol–water partition coefficient (Wildman–Crippen LogP) is 2.40. The van der Waals surface area contributed by atoms with E-state index in [4.69, 9.17) is 0 Å². The van der Waals surface area contributed by atoms with Crippen molar-refractivity contribution >= 4 is 11.6 Å². The average molecular weight is 218 g/mol. The standard InChI is InChI=1S/C13H18N2O/c1-14-13(16)10-5-4-8-12(9-10)15-11-6-2-3-7-11/h4-5,8-9,11,15H,2-3,6-7H2,1H3,(H,14,16). The molecular weight excluding hydrogens is 200 g/mol. The van der Waals surface area contributed by atoms with E-state index >= 15 is 0 Å². The maximum atomic E-state index is 11.5. The fraction of sp³-hybridized carbons (Fsp3) is 0.462. The molecule has 86 valence electrons. The molecule has 1 aromatic rings. The van der Waals surface area contributed by atoms with Gasteiger partial charge in [-0.2, -0.15) is 0 Å². The van der Waals surface area contributed by atoms with Crippen LogP contribution < -0.4 is 10.6 Å². The summed E-state index contributed by atoms with van der Waals surface area (Å²) >= 11 is 0. The van der Waals surface area contributed by atoms with E-state index in [0.717, 1.165) is 5.69 Å². The second-order valence-electron chi connectivity index (χ2n) is 4.29. The monoisotopic (exact) mass is 218 g/mol. The number of carbonyl (C=O) groups excluding carboxylic acids is 1. The van der Waals surface area contributed by atoms with Crippen molar-refractivity contribution in [2.45, 2.75) is 31.7 Å². The molecule has 0 saturated heterocycles. The summed E-state index contributed by atoms with van der Waals surface area (Å²) < 4.78 is 0. The van der Waals surface area contributed by atoms with Crippen LogP contribution in [0.4, 0.5) is 5.69 Å². The molecular formula is C13H18N2O. The average Bonchev–Trinajstić information content (AvgIpc) is 2.81. The van der Waals surface area contributed by atoms with Gasteiger partial charge in [0.1, 0.15) is 0 Å². The van der Waals surface area contributed by atoms with Gasteiger partial charge in [0.05, 0.1) is 0 Å². The lowest BCUT2D eigenvalue weighted by molar-refractivity contribution is 0.0963. The van der Waals surface area contributed by atoms with Gasteiger partial charge in [0, 0.05) is 24.3 Å². The van der Waals surface area contributed by atoms with Gasteiger partial charge in [-0.3, -0.25) is 4.79 Å². The Morgan fingerprint density at radius 1 is 1.31 bits per heavy atom. The topological polar surface area (TPSA) is 41.1 Å². The molecule has 1 aromatic carbocycles. The van der Waals surface area contributed by atoms with Crippen LogP contribution >= 0.6 is 0 Å². The van der Waals surface area contributed by atoms with Crippen molar-refractivity contribution in [2.24, 2.45) is 0 Å². The van der Waals surface area contributed by atoms with Crippen molar-refractivity contribution in [1.29, 1.82) is 0 Å². The van der Waals surface area contributed by atoms with Gasteiger partial charge < -0.3 is 10.6 Å². The Hall–Kier alpha value is -1.51. The summed E-state index contributed by atoms with van der Waals surface area (Å²) in [5, 5.41) is 6.12. The lowest BCUT2D eigenvalue weighted by Gasteiger charge is -2.14. The minimum absolute atomic E-state index is 0.0323. The molecule has 0 aliphatic heterocycles. The van der Waals surface area contributed by atoms with Gasteiger partial charge in [-0.1, -0.05) is 18.9 Å². The second-order valence-corrected chi connectivity index (χ2v) is 4.29. The summed E-state index contributed by atoms with van der Waals surface area (Å²) in [6, 6.07) is 8.27. The lowest BCUT2D eigenvalue weighted by Crippen LogP contribution is -2.19. The third kappa shape index (κ3) is 2.54. The SMILES string of the molecule is CNC(=O)c1cccc(NC2CCCC2)c1. The van der Waals surface area contributed by atoms with Gasteiger partial charge in [0.2, 0.25) is 0 Å². The number of anilines is 1. The summed E-state index contributed by atoms with van der Waals surface area (Å²) in [6.45, 7) is 0. The molecule has 1 amide bonds. The van der Waals surface area contributed by atoms with Crippen molar-refractivity contribution < 1.29 is 4.79 Å². The van der Waals surface area contributed by atoms with Crippen LogP contribution in [0.3, 0.4) is 0 Å². The molecule has 1 saturated carbocycles. The first-order valence-corrected chi connectivity index (χ1v) is 5.88. The maximum Gasteiger partial charge on any atom is 0.251 e. The minimum atomic E-state index is -0.0323. The zero-order valence-corrected chi connectivity index (χ0v) is 9.62. The van der Waals surface area contributed by atoms with Crippen LogP contribution in [-0.2, 0) is 0 Å². The first-order valence-electron chi connectivity index (χ1n) is 5.88. The van der Waals surface area contributed by atoms with Crippen LogP contribution in [0, 0.1) is 0 Å². The first kappa shape index (κ1) is 11.0. The van der Waals surface area contributed by atoms with E-state index in [9.17, 15) is 4.79 Å². The van der Waals surface area contributed by atoms with Crippen LogP contribution in [-0.4, -0.2) is 19.0 Å². The molecule has 0 radical (unpaired) electrons. The highest BCUT2D eigenvalue weighted by Crippen LogP contribution is 2.22. The van der Waals surface area contributed by atoms with Gasteiger partial charge in [0.25, 0.3) is 5.91 Å². The van der Waals surface area contributed by atoms with Crippen molar-refractivity contribution in [3.63, 3.8) is 0 Å². The molecule has 0 atom stereocenters. The normalized spacial score (nSPS) is 16.1. The molecule has 0 bridgehead atoms. The van der Waals surface area contributed by atoms with Crippen molar-refractivity contribution in [1.82, 2.24) is 5.32 Å². The van der Waals surface area contributed by atoms with Gasteiger partial charge >= 0.3 is 0 Å². The minimum Gasteiger partial charge on any atom is -0.382 e. The highest BCUT2D eigenvalue weighted by molar-refractivity contribution is 5.94. The molecule has 1 aliphatic rings. The maximum absolute atomic E-state index is 11.5. The van der Waals surface area contributed by atoms with Crippen molar-refractivity contribution in [2.75, 3.05) is 12.4 Å².